The SMILES string of the molecule is CCC(C)CN(CCO)C(=O)C(C)(C)C. The second kappa shape index (κ2) is 6.11. The van der Waals surface area contributed by atoms with E-state index in [0.717, 1.165) is 13.0 Å². The lowest BCUT2D eigenvalue weighted by Gasteiger charge is -2.30. The van der Waals surface area contributed by atoms with Crippen LogP contribution in [-0.2, 0) is 4.79 Å². The number of amides is 1. The van der Waals surface area contributed by atoms with Gasteiger partial charge in [-0.25, -0.2) is 0 Å². The third-order valence-electron chi connectivity index (χ3n) is 2.53. The molecule has 0 rings (SSSR count). The molecule has 3 heteroatoms. The molecule has 1 N–H and O–H groups in total. The summed E-state index contributed by atoms with van der Waals surface area (Å²) in [5, 5.41) is 8.94. The number of hydrogen-bond acceptors (Lipinski definition) is 2. The van der Waals surface area contributed by atoms with Gasteiger partial charge in [0, 0.05) is 18.5 Å². The van der Waals surface area contributed by atoms with E-state index in [1.165, 1.54) is 0 Å². The molecule has 1 unspecified atom stereocenters. The number of nitrogens with zero attached hydrogens (tertiary/aromatic N) is 1. The van der Waals surface area contributed by atoms with Crippen LogP contribution in [0.2, 0.25) is 0 Å². The van der Waals surface area contributed by atoms with Crippen LogP contribution in [0.4, 0.5) is 0 Å². The molecule has 0 aliphatic carbocycles. The molecule has 0 heterocycles. The summed E-state index contributed by atoms with van der Waals surface area (Å²) < 4.78 is 0. The van der Waals surface area contributed by atoms with Gasteiger partial charge in [-0.2, -0.15) is 0 Å². The lowest BCUT2D eigenvalue weighted by Crippen LogP contribution is -2.43. The molecule has 90 valence electrons. The van der Waals surface area contributed by atoms with Gasteiger partial charge >= 0.3 is 0 Å². The van der Waals surface area contributed by atoms with Crippen LogP contribution in [-0.4, -0.2) is 35.6 Å². The Morgan fingerprint density at radius 2 is 1.93 bits per heavy atom. The fourth-order valence-electron chi connectivity index (χ4n) is 1.38. The second-order valence-corrected chi connectivity index (χ2v) is 5.24. The van der Waals surface area contributed by atoms with Gasteiger partial charge in [0.15, 0.2) is 0 Å². The zero-order valence-electron chi connectivity index (χ0n) is 10.7. The average Bonchev–Trinajstić information content (AvgIpc) is 2.14. The van der Waals surface area contributed by atoms with Crippen molar-refractivity contribution in [3.05, 3.63) is 0 Å². The summed E-state index contributed by atoms with van der Waals surface area (Å²) in [5.41, 5.74) is -0.359. The summed E-state index contributed by atoms with van der Waals surface area (Å²) in [6.45, 7) is 11.2. The number of aliphatic hydroxyl groups excluding tert-OH is 1. The van der Waals surface area contributed by atoms with Crippen molar-refractivity contribution in [3.8, 4) is 0 Å². The molecule has 1 amide bonds. The van der Waals surface area contributed by atoms with Gasteiger partial charge in [0.25, 0.3) is 0 Å². The molecule has 0 aliphatic rings. The molecule has 0 aromatic rings. The zero-order chi connectivity index (χ0) is 12.1. The molecule has 0 saturated heterocycles. The molecule has 0 spiro atoms. The minimum Gasteiger partial charge on any atom is -0.395 e. The molecular weight excluding hydrogens is 190 g/mol. The van der Waals surface area contributed by atoms with Gasteiger partial charge in [-0.15, -0.1) is 0 Å². The van der Waals surface area contributed by atoms with E-state index in [0.29, 0.717) is 12.5 Å². The largest absolute Gasteiger partial charge is 0.395 e. The van der Waals surface area contributed by atoms with Crippen LogP contribution in [0.15, 0.2) is 0 Å². The first-order valence-electron chi connectivity index (χ1n) is 5.73. The maximum absolute atomic E-state index is 12.0. The van der Waals surface area contributed by atoms with Crippen molar-refractivity contribution in [2.75, 3.05) is 19.7 Å². The van der Waals surface area contributed by atoms with Gasteiger partial charge in [0.1, 0.15) is 0 Å². The van der Waals surface area contributed by atoms with Crippen LogP contribution in [0, 0.1) is 11.3 Å². The van der Waals surface area contributed by atoms with Crippen LogP contribution >= 0.6 is 0 Å². The van der Waals surface area contributed by atoms with E-state index in [1.54, 1.807) is 4.90 Å². The van der Waals surface area contributed by atoms with E-state index in [-0.39, 0.29) is 17.9 Å². The van der Waals surface area contributed by atoms with Crippen molar-refractivity contribution < 1.29 is 9.90 Å². The maximum atomic E-state index is 12.0. The van der Waals surface area contributed by atoms with Crippen molar-refractivity contribution in [1.82, 2.24) is 4.90 Å². The molecule has 0 saturated carbocycles. The summed E-state index contributed by atoms with van der Waals surface area (Å²) in [6.07, 6.45) is 1.05. The fourth-order valence-corrected chi connectivity index (χ4v) is 1.38. The Morgan fingerprint density at radius 1 is 1.40 bits per heavy atom. The van der Waals surface area contributed by atoms with Crippen molar-refractivity contribution in [3.63, 3.8) is 0 Å². The van der Waals surface area contributed by atoms with E-state index in [1.807, 2.05) is 20.8 Å². The molecule has 15 heavy (non-hydrogen) atoms. The van der Waals surface area contributed by atoms with Crippen molar-refractivity contribution in [2.24, 2.45) is 11.3 Å². The molecule has 0 aliphatic heterocycles. The van der Waals surface area contributed by atoms with E-state index in [9.17, 15) is 4.79 Å². The number of rotatable bonds is 5. The summed E-state index contributed by atoms with van der Waals surface area (Å²) in [5.74, 6) is 0.611. The highest BCUT2D eigenvalue weighted by molar-refractivity contribution is 5.81. The van der Waals surface area contributed by atoms with Gasteiger partial charge < -0.3 is 10.0 Å². The summed E-state index contributed by atoms with van der Waals surface area (Å²) in [6, 6.07) is 0. The molecule has 3 nitrogen and oxygen atoms in total. The Balaban J connectivity index is 4.45. The molecule has 0 fully saturated rings. The molecule has 0 radical (unpaired) electrons. The standard InChI is InChI=1S/C12H25NO2/c1-6-10(2)9-13(7-8-14)11(15)12(3,4)5/h10,14H,6-9H2,1-5H3. The van der Waals surface area contributed by atoms with Crippen molar-refractivity contribution >= 4 is 5.91 Å². The first kappa shape index (κ1) is 14.4. The predicted molar refractivity (Wildman–Crippen MR) is 62.6 cm³/mol. The zero-order valence-corrected chi connectivity index (χ0v) is 10.7. The van der Waals surface area contributed by atoms with E-state index in [2.05, 4.69) is 13.8 Å². The van der Waals surface area contributed by atoms with Crippen molar-refractivity contribution in [2.45, 2.75) is 41.0 Å². The monoisotopic (exact) mass is 215 g/mol. The van der Waals surface area contributed by atoms with Crippen LogP contribution in [0.3, 0.4) is 0 Å². The molecule has 1 atom stereocenters. The van der Waals surface area contributed by atoms with Crippen LogP contribution in [0.25, 0.3) is 0 Å². The summed E-state index contributed by atoms with van der Waals surface area (Å²) in [4.78, 5) is 13.8. The number of hydrogen-bond donors (Lipinski definition) is 1. The lowest BCUT2D eigenvalue weighted by atomic mass is 9.94. The maximum Gasteiger partial charge on any atom is 0.228 e. The van der Waals surface area contributed by atoms with Gasteiger partial charge in [-0.1, -0.05) is 41.0 Å². The minimum absolute atomic E-state index is 0.0399. The lowest BCUT2D eigenvalue weighted by molar-refractivity contribution is -0.140. The minimum atomic E-state index is -0.359. The van der Waals surface area contributed by atoms with Gasteiger partial charge in [-0.05, 0) is 5.92 Å². The Kier molecular flexibility index (Phi) is 5.88. The second-order valence-electron chi connectivity index (χ2n) is 5.24. The van der Waals surface area contributed by atoms with E-state index in [4.69, 9.17) is 5.11 Å². The quantitative estimate of drug-likeness (QED) is 0.761. The Labute approximate surface area is 93.5 Å². The van der Waals surface area contributed by atoms with Gasteiger partial charge in [-0.3, -0.25) is 4.79 Å². The molecule has 0 bridgehead atoms. The highest BCUT2D eigenvalue weighted by Gasteiger charge is 2.27. The third-order valence-corrected chi connectivity index (χ3v) is 2.53. The smallest absolute Gasteiger partial charge is 0.228 e. The van der Waals surface area contributed by atoms with E-state index < -0.39 is 0 Å². The Morgan fingerprint density at radius 3 is 2.27 bits per heavy atom. The normalized spacial score (nSPS) is 13.7. The highest BCUT2D eigenvalue weighted by Crippen LogP contribution is 2.18. The average molecular weight is 215 g/mol. The topological polar surface area (TPSA) is 40.5 Å². The molecule has 0 aromatic carbocycles. The number of carbonyl (C=O) groups excluding carboxylic acids is 1. The Hall–Kier alpha value is -0.570. The third kappa shape index (κ3) is 5.17. The molecular formula is C12H25NO2. The summed E-state index contributed by atoms with van der Waals surface area (Å²) in [7, 11) is 0. The van der Waals surface area contributed by atoms with Crippen LogP contribution < -0.4 is 0 Å². The predicted octanol–water partition coefficient (Wildman–Crippen LogP) is 1.90. The van der Waals surface area contributed by atoms with Gasteiger partial charge in [0.05, 0.1) is 6.61 Å². The fraction of sp³-hybridized carbons (Fsp3) is 0.917. The van der Waals surface area contributed by atoms with Crippen LogP contribution in [0.5, 0.6) is 0 Å². The first-order chi connectivity index (χ1) is 6.82. The summed E-state index contributed by atoms with van der Waals surface area (Å²) >= 11 is 0. The first-order valence-corrected chi connectivity index (χ1v) is 5.73. The van der Waals surface area contributed by atoms with Crippen molar-refractivity contribution in [1.29, 1.82) is 0 Å². The number of carbonyl (C=O) groups is 1. The Bertz CT molecular complexity index is 196. The molecule has 0 aromatic heterocycles. The van der Waals surface area contributed by atoms with Gasteiger partial charge in [0.2, 0.25) is 5.91 Å². The number of aliphatic hydroxyl groups is 1. The highest BCUT2D eigenvalue weighted by atomic mass is 16.3. The van der Waals surface area contributed by atoms with Crippen LogP contribution in [0.1, 0.15) is 41.0 Å². The van der Waals surface area contributed by atoms with E-state index >= 15 is 0 Å².